The zero-order valence-corrected chi connectivity index (χ0v) is 14.7. The zero-order valence-electron chi connectivity index (χ0n) is 14.7. The average molecular weight is 316 g/mol. The van der Waals surface area contributed by atoms with Crippen molar-refractivity contribution in [3.8, 4) is 0 Å². The predicted molar refractivity (Wildman–Crippen MR) is 89.8 cm³/mol. The molecule has 23 heavy (non-hydrogen) atoms. The van der Waals surface area contributed by atoms with E-state index in [4.69, 9.17) is 0 Å². The van der Waals surface area contributed by atoms with Crippen LogP contribution in [0.3, 0.4) is 0 Å². The zero-order chi connectivity index (χ0) is 16.6. The van der Waals surface area contributed by atoms with Gasteiger partial charge in [0.15, 0.2) is 0 Å². The topological polar surface area (TPSA) is 49.3 Å². The Labute approximate surface area is 139 Å². The van der Waals surface area contributed by atoms with Crippen LogP contribution in [0, 0.1) is 11.8 Å². The van der Waals surface area contributed by atoms with Gasteiger partial charge in [0.25, 0.3) is 0 Å². The standard InChI is InChI=1S/C18H28N4O/c1-12(2)18-19-6-5-15(20-18)11-21(3)16-7-13-9-17(23)22(4)10-14(13)8-16/h5-6,12-14,16H,7-11H2,1-4H3/t13-,14+,16-/m1/s1. The van der Waals surface area contributed by atoms with Crippen molar-refractivity contribution in [1.82, 2.24) is 19.8 Å². The first-order valence-corrected chi connectivity index (χ1v) is 8.70. The second kappa shape index (κ2) is 6.56. The molecule has 1 aromatic rings. The van der Waals surface area contributed by atoms with Crippen molar-refractivity contribution in [2.75, 3.05) is 20.6 Å². The number of hydrogen-bond donors (Lipinski definition) is 0. The van der Waals surface area contributed by atoms with E-state index in [-0.39, 0.29) is 0 Å². The molecule has 0 N–H and O–H groups in total. The van der Waals surface area contributed by atoms with Crippen molar-refractivity contribution in [2.24, 2.45) is 11.8 Å². The number of nitrogens with zero attached hydrogens (tertiary/aromatic N) is 4. The molecule has 1 saturated carbocycles. The number of hydrogen-bond acceptors (Lipinski definition) is 4. The third-order valence-electron chi connectivity index (χ3n) is 5.47. The molecule has 0 bridgehead atoms. The summed E-state index contributed by atoms with van der Waals surface area (Å²) in [5, 5.41) is 0. The minimum absolute atomic E-state index is 0.312. The number of likely N-dealkylation sites (tertiary alicyclic amines) is 1. The van der Waals surface area contributed by atoms with Gasteiger partial charge in [0.2, 0.25) is 5.91 Å². The SMILES string of the molecule is CC(C)c1nccc(CN(C)[C@@H]2C[C@@H]3CC(=O)N(C)C[C@@H]3C2)n1. The summed E-state index contributed by atoms with van der Waals surface area (Å²) in [6, 6.07) is 2.57. The van der Waals surface area contributed by atoms with E-state index in [9.17, 15) is 4.79 Å². The van der Waals surface area contributed by atoms with Crippen LogP contribution in [0.4, 0.5) is 0 Å². The molecular formula is C18H28N4O. The third-order valence-corrected chi connectivity index (χ3v) is 5.47. The smallest absolute Gasteiger partial charge is 0.222 e. The van der Waals surface area contributed by atoms with Crippen LogP contribution in [0.25, 0.3) is 0 Å². The lowest BCUT2D eigenvalue weighted by Gasteiger charge is -2.31. The maximum absolute atomic E-state index is 11.9. The molecule has 1 amide bonds. The molecular weight excluding hydrogens is 288 g/mol. The van der Waals surface area contributed by atoms with Crippen LogP contribution in [-0.4, -0.2) is 52.4 Å². The van der Waals surface area contributed by atoms with E-state index in [1.807, 2.05) is 24.2 Å². The molecule has 2 heterocycles. The van der Waals surface area contributed by atoms with Crippen molar-refractivity contribution in [2.45, 2.75) is 51.6 Å². The van der Waals surface area contributed by atoms with Crippen LogP contribution in [0.2, 0.25) is 0 Å². The highest BCUT2D eigenvalue weighted by Gasteiger charge is 2.41. The molecule has 5 nitrogen and oxygen atoms in total. The Bertz CT molecular complexity index is 574. The number of aromatic nitrogens is 2. The van der Waals surface area contributed by atoms with Gasteiger partial charge >= 0.3 is 0 Å². The molecule has 0 aromatic carbocycles. The van der Waals surface area contributed by atoms with Gasteiger partial charge in [0.05, 0.1) is 5.69 Å². The molecule has 3 rings (SSSR count). The minimum Gasteiger partial charge on any atom is -0.345 e. The molecule has 0 unspecified atom stereocenters. The number of carbonyl (C=O) groups is 1. The van der Waals surface area contributed by atoms with E-state index in [1.54, 1.807) is 0 Å². The lowest BCUT2D eigenvalue weighted by Crippen LogP contribution is -2.39. The van der Waals surface area contributed by atoms with Gasteiger partial charge in [-0.25, -0.2) is 9.97 Å². The van der Waals surface area contributed by atoms with Crippen LogP contribution in [-0.2, 0) is 11.3 Å². The molecule has 126 valence electrons. The fourth-order valence-corrected chi connectivity index (χ4v) is 4.01. The summed E-state index contributed by atoms with van der Waals surface area (Å²) in [4.78, 5) is 25.2. The number of carbonyl (C=O) groups excluding carboxylic acids is 1. The van der Waals surface area contributed by atoms with Crippen LogP contribution in [0.15, 0.2) is 12.3 Å². The summed E-state index contributed by atoms with van der Waals surface area (Å²) in [6.07, 6.45) is 4.94. The average Bonchev–Trinajstić information content (AvgIpc) is 2.91. The first-order chi connectivity index (χ1) is 10.9. The number of piperidine rings is 1. The molecule has 0 spiro atoms. The molecule has 1 aromatic heterocycles. The van der Waals surface area contributed by atoms with E-state index in [2.05, 4.69) is 35.8 Å². The molecule has 2 fully saturated rings. The molecule has 1 aliphatic heterocycles. The Morgan fingerprint density at radius 2 is 2.09 bits per heavy atom. The monoisotopic (exact) mass is 316 g/mol. The van der Waals surface area contributed by atoms with Crippen molar-refractivity contribution < 1.29 is 4.79 Å². The van der Waals surface area contributed by atoms with Crippen molar-refractivity contribution >= 4 is 5.91 Å². The second-order valence-corrected chi connectivity index (χ2v) is 7.60. The van der Waals surface area contributed by atoms with Crippen LogP contribution in [0.1, 0.15) is 50.5 Å². The highest BCUT2D eigenvalue weighted by molar-refractivity contribution is 5.77. The summed E-state index contributed by atoms with van der Waals surface area (Å²) in [6.45, 7) is 6.03. The summed E-state index contributed by atoms with van der Waals surface area (Å²) in [5.41, 5.74) is 1.09. The summed E-state index contributed by atoms with van der Waals surface area (Å²) in [5.74, 6) is 2.83. The highest BCUT2D eigenvalue weighted by Crippen LogP contribution is 2.40. The Hall–Kier alpha value is -1.49. The Balaban J connectivity index is 1.62. The molecule has 1 aliphatic carbocycles. The summed E-state index contributed by atoms with van der Waals surface area (Å²) < 4.78 is 0. The number of fused-ring (bicyclic) bond motifs is 1. The van der Waals surface area contributed by atoms with Gasteiger partial charge in [-0.15, -0.1) is 0 Å². The largest absolute Gasteiger partial charge is 0.345 e. The summed E-state index contributed by atoms with van der Waals surface area (Å²) in [7, 11) is 4.12. The molecule has 3 atom stereocenters. The number of amides is 1. The van der Waals surface area contributed by atoms with Gasteiger partial charge in [-0.2, -0.15) is 0 Å². The van der Waals surface area contributed by atoms with Crippen molar-refractivity contribution in [3.05, 3.63) is 23.8 Å². The number of rotatable bonds is 4. The van der Waals surface area contributed by atoms with Crippen LogP contribution < -0.4 is 0 Å². The van der Waals surface area contributed by atoms with Crippen molar-refractivity contribution in [1.29, 1.82) is 0 Å². The van der Waals surface area contributed by atoms with E-state index < -0.39 is 0 Å². The Morgan fingerprint density at radius 3 is 2.83 bits per heavy atom. The molecule has 1 saturated heterocycles. The van der Waals surface area contributed by atoms with Gasteiger partial charge < -0.3 is 4.90 Å². The predicted octanol–water partition coefficient (Wildman–Crippen LogP) is 2.29. The van der Waals surface area contributed by atoms with E-state index in [0.29, 0.717) is 29.7 Å². The van der Waals surface area contributed by atoms with E-state index >= 15 is 0 Å². The van der Waals surface area contributed by atoms with Gasteiger partial charge in [0, 0.05) is 44.7 Å². The maximum Gasteiger partial charge on any atom is 0.222 e. The Kier molecular flexibility index (Phi) is 4.67. The first kappa shape index (κ1) is 16.4. The molecule has 0 radical (unpaired) electrons. The highest BCUT2D eigenvalue weighted by atomic mass is 16.2. The third kappa shape index (κ3) is 3.55. The van der Waals surface area contributed by atoms with E-state index in [0.717, 1.165) is 37.4 Å². The summed E-state index contributed by atoms with van der Waals surface area (Å²) >= 11 is 0. The van der Waals surface area contributed by atoms with Gasteiger partial charge in [-0.05, 0) is 37.8 Å². The normalized spacial score (nSPS) is 27.8. The first-order valence-electron chi connectivity index (χ1n) is 8.70. The molecule has 2 aliphatic rings. The second-order valence-electron chi connectivity index (χ2n) is 7.60. The maximum atomic E-state index is 11.9. The lowest BCUT2D eigenvalue weighted by atomic mass is 9.88. The lowest BCUT2D eigenvalue weighted by molar-refractivity contribution is -0.134. The van der Waals surface area contributed by atoms with Crippen LogP contribution >= 0.6 is 0 Å². The van der Waals surface area contributed by atoms with Crippen LogP contribution in [0.5, 0.6) is 0 Å². The van der Waals surface area contributed by atoms with Gasteiger partial charge in [-0.3, -0.25) is 9.69 Å². The Morgan fingerprint density at radius 1 is 1.35 bits per heavy atom. The van der Waals surface area contributed by atoms with Gasteiger partial charge in [0.1, 0.15) is 5.82 Å². The molecule has 5 heteroatoms. The minimum atomic E-state index is 0.312. The van der Waals surface area contributed by atoms with E-state index in [1.165, 1.54) is 6.42 Å². The van der Waals surface area contributed by atoms with Gasteiger partial charge in [-0.1, -0.05) is 13.8 Å². The fourth-order valence-electron chi connectivity index (χ4n) is 4.01. The fraction of sp³-hybridized carbons (Fsp3) is 0.722. The van der Waals surface area contributed by atoms with Crippen molar-refractivity contribution in [3.63, 3.8) is 0 Å². The quantitative estimate of drug-likeness (QED) is 0.855.